The van der Waals surface area contributed by atoms with Crippen LogP contribution in [-0.4, -0.2) is 25.9 Å². The summed E-state index contributed by atoms with van der Waals surface area (Å²) in [6.45, 7) is 0.502. The molecule has 140 valence electrons. The van der Waals surface area contributed by atoms with Crippen LogP contribution in [-0.2, 0) is 6.54 Å². The molecular formula is C21H18FN5O. The molecule has 1 atom stereocenters. The summed E-state index contributed by atoms with van der Waals surface area (Å²) >= 11 is 0. The molecule has 2 heterocycles. The van der Waals surface area contributed by atoms with E-state index in [2.05, 4.69) is 20.6 Å². The van der Waals surface area contributed by atoms with Crippen LogP contribution in [0.15, 0.2) is 79.1 Å². The maximum absolute atomic E-state index is 13.1. The molecule has 0 fully saturated rings. The Morgan fingerprint density at radius 2 is 1.89 bits per heavy atom. The highest BCUT2D eigenvalue weighted by Gasteiger charge is 2.18. The lowest BCUT2D eigenvalue weighted by Crippen LogP contribution is -2.31. The second-order valence-electron chi connectivity index (χ2n) is 6.34. The van der Waals surface area contributed by atoms with Crippen LogP contribution < -0.4 is 5.32 Å². The molecule has 0 aliphatic carbocycles. The summed E-state index contributed by atoms with van der Waals surface area (Å²) < 4.78 is 14.9. The van der Waals surface area contributed by atoms with E-state index in [1.165, 1.54) is 12.1 Å². The third-order valence-corrected chi connectivity index (χ3v) is 4.40. The van der Waals surface area contributed by atoms with Crippen LogP contribution in [0.3, 0.4) is 0 Å². The number of hydrogen-bond acceptors (Lipinski definition) is 3. The van der Waals surface area contributed by atoms with Gasteiger partial charge in [0.1, 0.15) is 11.5 Å². The minimum absolute atomic E-state index is 0.258. The van der Waals surface area contributed by atoms with Crippen molar-refractivity contribution >= 4 is 5.91 Å². The van der Waals surface area contributed by atoms with Gasteiger partial charge in [-0.25, -0.2) is 4.39 Å². The van der Waals surface area contributed by atoms with Gasteiger partial charge in [-0.2, -0.15) is 10.2 Å². The molecule has 4 aromatic rings. The first kappa shape index (κ1) is 17.7. The third kappa shape index (κ3) is 3.98. The van der Waals surface area contributed by atoms with Crippen LogP contribution in [0, 0.1) is 5.82 Å². The number of benzene rings is 2. The van der Waals surface area contributed by atoms with Crippen LogP contribution >= 0.6 is 0 Å². The van der Waals surface area contributed by atoms with Gasteiger partial charge < -0.3 is 5.32 Å². The fraction of sp³-hybridized carbons (Fsp3) is 0.0952. The predicted octanol–water partition coefficient (Wildman–Crippen LogP) is 3.58. The van der Waals surface area contributed by atoms with E-state index in [0.717, 1.165) is 11.1 Å². The number of rotatable bonds is 6. The van der Waals surface area contributed by atoms with Gasteiger partial charge in [-0.05, 0) is 42.0 Å². The van der Waals surface area contributed by atoms with Gasteiger partial charge in [-0.3, -0.25) is 14.6 Å². The number of carbonyl (C=O) groups excluding carboxylic acids is 1. The summed E-state index contributed by atoms with van der Waals surface area (Å²) in [7, 11) is 0. The molecule has 2 N–H and O–H groups in total. The van der Waals surface area contributed by atoms with Crippen molar-refractivity contribution in [1.29, 1.82) is 0 Å². The van der Waals surface area contributed by atoms with Crippen molar-refractivity contribution in [2.24, 2.45) is 0 Å². The maximum atomic E-state index is 13.1. The second kappa shape index (κ2) is 7.87. The SMILES string of the molecule is O=C(N[C@@H](Cn1cccn1)c1ccccc1)c1cc(-c2ccc(F)cc2)n[nH]1. The first-order chi connectivity index (χ1) is 13.7. The molecule has 7 heteroatoms. The summed E-state index contributed by atoms with van der Waals surface area (Å²) in [4.78, 5) is 12.8. The van der Waals surface area contributed by atoms with Crippen molar-refractivity contribution in [3.05, 3.63) is 96.2 Å². The number of aromatic nitrogens is 4. The highest BCUT2D eigenvalue weighted by atomic mass is 19.1. The number of aromatic amines is 1. The van der Waals surface area contributed by atoms with Gasteiger partial charge in [0, 0.05) is 18.0 Å². The molecule has 0 bridgehead atoms. The van der Waals surface area contributed by atoms with Gasteiger partial charge >= 0.3 is 0 Å². The van der Waals surface area contributed by atoms with Crippen molar-refractivity contribution < 1.29 is 9.18 Å². The van der Waals surface area contributed by atoms with E-state index >= 15 is 0 Å². The van der Waals surface area contributed by atoms with Gasteiger partial charge in [-0.1, -0.05) is 30.3 Å². The van der Waals surface area contributed by atoms with Crippen molar-refractivity contribution in [2.75, 3.05) is 0 Å². The average Bonchev–Trinajstić information content (AvgIpc) is 3.41. The molecule has 2 aromatic carbocycles. The monoisotopic (exact) mass is 375 g/mol. The normalized spacial score (nSPS) is 11.9. The van der Waals surface area contributed by atoms with E-state index in [1.54, 1.807) is 29.1 Å². The molecule has 0 spiro atoms. The minimum Gasteiger partial charge on any atom is -0.342 e. The number of carbonyl (C=O) groups is 1. The van der Waals surface area contributed by atoms with Crippen molar-refractivity contribution in [2.45, 2.75) is 12.6 Å². The zero-order valence-corrected chi connectivity index (χ0v) is 14.9. The van der Waals surface area contributed by atoms with Crippen molar-refractivity contribution in [1.82, 2.24) is 25.3 Å². The predicted molar refractivity (Wildman–Crippen MR) is 103 cm³/mol. The lowest BCUT2D eigenvalue weighted by atomic mass is 10.1. The Kier molecular flexibility index (Phi) is 4.97. The summed E-state index contributed by atoms with van der Waals surface area (Å²) in [6.07, 6.45) is 3.55. The quantitative estimate of drug-likeness (QED) is 0.541. The number of nitrogens with zero attached hydrogens (tertiary/aromatic N) is 3. The minimum atomic E-state index is -0.318. The van der Waals surface area contributed by atoms with Gasteiger partial charge in [0.25, 0.3) is 5.91 Å². The van der Waals surface area contributed by atoms with E-state index in [0.29, 0.717) is 17.9 Å². The average molecular weight is 375 g/mol. The topological polar surface area (TPSA) is 75.6 Å². The number of H-pyrrole nitrogens is 1. The zero-order chi connectivity index (χ0) is 19.3. The lowest BCUT2D eigenvalue weighted by Gasteiger charge is -2.19. The summed E-state index contributed by atoms with van der Waals surface area (Å²) in [6, 6.07) is 18.9. The summed E-state index contributed by atoms with van der Waals surface area (Å²) in [5, 5.41) is 14.2. The Morgan fingerprint density at radius 1 is 1.11 bits per heavy atom. The van der Waals surface area contributed by atoms with E-state index in [-0.39, 0.29) is 17.8 Å². The molecule has 0 radical (unpaired) electrons. The van der Waals surface area contributed by atoms with Crippen LogP contribution in [0.4, 0.5) is 4.39 Å². The Morgan fingerprint density at radius 3 is 2.61 bits per heavy atom. The number of amides is 1. The standard InChI is InChI=1S/C21H18FN5O/c22-17-9-7-16(8-10-17)18-13-19(26-25-18)21(28)24-20(14-27-12-4-11-23-27)15-5-2-1-3-6-15/h1-13,20H,14H2,(H,24,28)(H,25,26)/t20-/m0/s1. The lowest BCUT2D eigenvalue weighted by molar-refractivity contribution is 0.0926. The zero-order valence-electron chi connectivity index (χ0n) is 14.9. The highest BCUT2D eigenvalue weighted by Crippen LogP contribution is 2.19. The molecule has 0 saturated heterocycles. The molecule has 1 amide bonds. The summed E-state index contributed by atoms with van der Waals surface area (Å²) in [5.41, 5.74) is 2.62. The molecule has 0 aliphatic rings. The number of hydrogen-bond donors (Lipinski definition) is 2. The molecule has 6 nitrogen and oxygen atoms in total. The van der Waals surface area contributed by atoms with Gasteiger partial charge in [-0.15, -0.1) is 0 Å². The highest BCUT2D eigenvalue weighted by molar-refractivity contribution is 5.93. The fourth-order valence-corrected chi connectivity index (χ4v) is 2.96. The van der Waals surface area contributed by atoms with Crippen LogP contribution in [0.2, 0.25) is 0 Å². The van der Waals surface area contributed by atoms with Gasteiger partial charge in [0.15, 0.2) is 0 Å². The first-order valence-corrected chi connectivity index (χ1v) is 8.83. The molecule has 28 heavy (non-hydrogen) atoms. The largest absolute Gasteiger partial charge is 0.342 e. The van der Waals surface area contributed by atoms with Gasteiger partial charge in [0.05, 0.1) is 18.3 Å². The molecule has 4 rings (SSSR count). The van der Waals surface area contributed by atoms with E-state index in [1.807, 2.05) is 42.6 Å². The van der Waals surface area contributed by atoms with Crippen LogP contribution in [0.5, 0.6) is 0 Å². The molecule has 0 saturated carbocycles. The Hall–Kier alpha value is -3.74. The molecule has 0 unspecified atom stereocenters. The first-order valence-electron chi connectivity index (χ1n) is 8.83. The van der Waals surface area contributed by atoms with Crippen molar-refractivity contribution in [3.8, 4) is 11.3 Å². The maximum Gasteiger partial charge on any atom is 0.269 e. The Balaban J connectivity index is 1.53. The molecular weight excluding hydrogens is 357 g/mol. The smallest absolute Gasteiger partial charge is 0.269 e. The number of nitrogens with one attached hydrogen (secondary N) is 2. The number of halogens is 1. The molecule has 2 aromatic heterocycles. The Labute approximate surface area is 161 Å². The van der Waals surface area contributed by atoms with E-state index in [4.69, 9.17) is 0 Å². The molecule has 0 aliphatic heterocycles. The van der Waals surface area contributed by atoms with Crippen molar-refractivity contribution in [3.63, 3.8) is 0 Å². The van der Waals surface area contributed by atoms with Crippen LogP contribution in [0.25, 0.3) is 11.3 Å². The van der Waals surface area contributed by atoms with E-state index < -0.39 is 0 Å². The third-order valence-electron chi connectivity index (χ3n) is 4.40. The second-order valence-corrected chi connectivity index (χ2v) is 6.34. The van der Waals surface area contributed by atoms with Crippen LogP contribution in [0.1, 0.15) is 22.1 Å². The fourth-order valence-electron chi connectivity index (χ4n) is 2.96. The van der Waals surface area contributed by atoms with E-state index in [9.17, 15) is 9.18 Å². The van der Waals surface area contributed by atoms with Gasteiger partial charge in [0.2, 0.25) is 0 Å². The Bertz CT molecular complexity index is 1040. The summed E-state index contributed by atoms with van der Waals surface area (Å²) in [5.74, 6) is -0.594.